The number of aromatic nitrogens is 3. The summed E-state index contributed by atoms with van der Waals surface area (Å²) < 4.78 is 27.0. The molecule has 0 spiro atoms. The van der Waals surface area contributed by atoms with Crippen LogP contribution in [-0.2, 0) is 0 Å². The molecular weight excluding hydrogens is 272 g/mol. The third-order valence-corrected chi connectivity index (χ3v) is 3.45. The highest BCUT2D eigenvalue weighted by atomic mass is 19.2. The molecule has 1 N–H and O–H groups in total. The van der Waals surface area contributed by atoms with Crippen LogP contribution in [0, 0.1) is 11.6 Å². The second kappa shape index (κ2) is 4.34. The molecule has 0 aliphatic rings. The van der Waals surface area contributed by atoms with Crippen molar-refractivity contribution >= 4 is 21.9 Å². The fraction of sp³-hybridized carbons (Fsp3) is 0. The Morgan fingerprint density at radius 2 is 1.86 bits per heavy atom. The van der Waals surface area contributed by atoms with Crippen molar-refractivity contribution in [3.8, 4) is 11.4 Å². The van der Waals surface area contributed by atoms with E-state index in [0.717, 1.165) is 22.5 Å². The molecular formula is C16H9F2N3. The van der Waals surface area contributed by atoms with Crippen LogP contribution in [-0.4, -0.2) is 15.0 Å². The lowest BCUT2D eigenvalue weighted by Crippen LogP contribution is -1.85. The number of H-pyrrole nitrogens is 1. The zero-order valence-corrected chi connectivity index (χ0v) is 10.8. The van der Waals surface area contributed by atoms with E-state index in [1.165, 1.54) is 6.07 Å². The molecule has 21 heavy (non-hydrogen) atoms. The van der Waals surface area contributed by atoms with Crippen molar-refractivity contribution in [3.63, 3.8) is 0 Å². The Hall–Kier alpha value is -2.82. The largest absolute Gasteiger partial charge is 0.338 e. The summed E-state index contributed by atoms with van der Waals surface area (Å²) in [6.45, 7) is 0. The van der Waals surface area contributed by atoms with Crippen molar-refractivity contribution < 1.29 is 8.78 Å². The first-order valence-corrected chi connectivity index (χ1v) is 6.42. The van der Waals surface area contributed by atoms with E-state index in [1.54, 1.807) is 6.20 Å². The van der Waals surface area contributed by atoms with Crippen LogP contribution < -0.4 is 0 Å². The fourth-order valence-corrected chi connectivity index (χ4v) is 2.45. The first kappa shape index (κ1) is 12.0. The summed E-state index contributed by atoms with van der Waals surface area (Å²) in [5, 5.41) is 0.903. The molecule has 2 aromatic heterocycles. The average molecular weight is 281 g/mol. The van der Waals surface area contributed by atoms with Gasteiger partial charge in [0.05, 0.1) is 11.0 Å². The van der Waals surface area contributed by atoms with Gasteiger partial charge in [0.1, 0.15) is 11.3 Å². The summed E-state index contributed by atoms with van der Waals surface area (Å²) >= 11 is 0. The number of benzene rings is 2. The highest BCUT2D eigenvalue weighted by molar-refractivity contribution is 5.94. The smallest absolute Gasteiger partial charge is 0.186 e. The number of imidazole rings is 1. The predicted molar refractivity (Wildman–Crippen MR) is 76.7 cm³/mol. The van der Waals surface area contributed by atoms with E-state index in [2.05, 4.69) is 15.0 Å². The second-order valence-corrected chi connectivity index (χ2v) is 4.72. The van der Waals surface area contributed by atoms with Gasteiger partial charge in [0.2, 0.25) is 0 Å². The maximum Gasteiger partial charge on any atom is 0.186 e. The molecule has 102 valence electrons. The van der Waals surface area contributed by atoms with Crippen molar-refractivity contribution in [2.45, 2.75) is 0 Å². The molecule has 4 rings (SSSR count). The second-order valence-electron chi connectivity index (χ2n) is 4.72. The summed E-state index contributed by atoms with van der Waals surface area (Å²) in [4.78, 5) is 11.5. The third-order valence-electron chi connectivity index (χ3n) is 3.45. The number of nitrogens with zero attached hydrogens (tertiary/aromatic N) is 2. The number of rotatable bonds is 1. The Morgan fingerprint density at radius 1 is 0.952 bits per heavy atom. The number of halogens is 2. The predicted octanol–water partition coefficient (Wildman–Crippen LogP) is 4.06. The Bertz CT molecular complexity index is 971. The first-order valence-electron chi connectivity index (χ1n) is 6.42. The maximum atomic E-state index is 13.8. The summed E-state index contributed by atoms with van der Waals surface area (Å²) in [6, 6.07) is 11.9. The number of hydrogen-bond donors (Lipinski definition) is 1. The van der Waals surface area contributed by atoms with Gasteiger partial charge >= 0.3 is 0 Å². The Kier molecular flexibility index (Phi) is 2.47. The molecule has 0 saturated heterocycles. The van der Waals surface area contributed by atoms with Crippen LogP contribution in [0.3, 0.4) is 0 Å². The van der Waals surface area contributed by atoms with Crippen LogP contribution in [0.4, 0.5) is 8.78 Å². The molecule has 0 fully saturated rings. The quantitative estimate of drug-likeness (QED) is 0.571. The summed E-state index contributed by atoms with van der Waals surface area (Å²) in [7, 11) is 0. The van der Waals surface area contributed by atoms with E-state index in [9.17, 15) is 8.78 Å². The number of pyridine rings is 1. The highest BCUT2D eigenvalue weighted by Gasteiger charge is 2.14. The van der Waals surface area contributed by atoms with Crippen LogP contribution in [0.1, 0.15) is 0 Å². The van der Waals surface area contributed by atoms with Gasteiger partial charge in [-0.2, -0.15) is 0 Å². The lowest BCUT2D eigenvalue weighted by atomic mass is 10.1. The Balaban J connectivity index is 2.03. The standard InChI is InChI=1S/C16H9F2N3/c17-11-6-7-13-15(14(11)18)21-16(20-13)10-3-1-5-12-9(10)4-2-8-19-12/h1-8H,(H,20,21). The minimum atomic E-state index is -0.937. The van der Waals surface area contributed by atoms with Crippen LogP contribution in [0.15, 0.2) is 48.7 Å². The molecule has 0 amide bonds. The van der Waals surface area contributed by atoms with Gasteiger partial charge in [0, 0.05) is 17.1 Å². The molecule has 0 saturated carbocycles. The number of fused-ring (bicyclic) bond motifs is 2. The average Bonchev–Trinajstić information content (AvgIpc) is 2.95. The summed E-state index contributed by atoms with van der Waals surface area (Å²) in [5.74, 6) is -1.35. The SMILES string of the molecule is Fc1ccc2[nH]c(-c3cccc4ncccc34)nc2c1F. The molecule has 0 unspecified atom stereocenters. The molecule has 0 radical (unpaired) electrons. The van der Waals surface area contributed by atoms with Crippen molar-refractivity contribution in [2.24, 2.45) is 0 Å². The number of hydrogen-bond acceptors (Lipinski definition) is 2. The lowest BCUT2D eigenvalue weighted by Gasteiger charge is -2.02. The third kappa shape index (κ3) is 1.78. The van der Waals surface area contributed by atoms with Crippen molar-refractivity contribution in [1.82, 2.24) is 15.0 Å². The van der Waals surface area contributed by atoms with Gasteiger partial charge in [-0.3, -0.25) is 4.98 Å². The van der Waals surface area contributed by atoms with E-state index in [-0.39, 0.29) is 5.52 Å². The topological polar surface area (TPSA) is 41.6 Å². The van der Waals surface area contributed by atoms with Gasteiger partial charge < -0.3 is 4.98 Å². The van der Waals surface area contributed by atoms with E-state index in [0.29, 0.717) is 11.3 Å². The van der Waals surface area contributed by atoms with Gasteiger partial charge in [-0.05, 0) is 24.3 Å². The monoisotopic (exact) mass is 281 g/mol. The van der Waals surface area contributed by atoms with Crippen molar-refractivity contribution in [3.05, 3.63) is 60.3 Å². The Labute approximate surface area is 118 Å². The normalized spacial score (nSPS) is 11.3. The number of nitrogens with one attached hydrogen (secondary N) is 1. The summed E-state index contributed by atoms with van der Waals surface area (Å²) in [5.41, 5.74) is 2.09. The van der Waals surface area contributed by atoms with Crippen LogP contribution in [0.25, 0.3) is 33.3 Å². The molecule has 0 aliphatic carbocycles. The first-order chi connectivity index (χ1) is 10.2. The number of aromatic amines is 1. The molecule has 5 heteroatoms. The molecule has 3 nitrogen and oxygen atoms in total. The van der Waals surface area contributed by atoms with E-state index >= 15 is 0 Å². The minimum Gasteiger partial charge on any atom is -0.338 e. The van der Waals surface area contributed by atoms with E-state index in [1.807, 2.05) is 30.3 Å². The van der Waals surface area contributed by atoms with E-state index in [4.69, 9.17) is 0 Å². The zero-order valence-electron chi connectivity index (χ0n) is 10.8. The Morgan fingerprint density at radius 3 is 2.76 bits per heavy atom. The van der Waals surface area contributed by atoms with Gasteiger partial charge in [0.25, 0.3) is 0 Å². The van der Waals surface area contributed by atoms with Crippen LogP contribution in [0.2, 0.25) is 0 Å². The van der Waals surface area contributed by atoms with Crippen LogP contribution >= 0.6 is 0 Å². The maximum absolute atomic E-state index is 13.8. The van der Waals surface area contributed by atoms with Gasteiger partial charge in [0.15, 0.2) is 11.6 Å². The molecule has 2 aromatic carbocycles. The molecule has 0 atom stereocenters. The zero-order chi connectivity index (χ0) is 14.4. The van der Waals surface area contributed by atoms with Crippen LogP contribution in [0.5, 0.6) is 0 Å². The van der Waals surface area contributed by atoms with Gasteiger partial charge in [-0.1, -0.05) is 18.2 Å². The lowest BCUT2D eigenvalue weighted by molar-refractivity contribution is 0.515. The van der Waals surface area contributed by atoms with E-state index < -0.39 is 11.6 Å². The highest BCUT2D eigenvalue weighted by Crippen LogP contribution is 2.28. The molecule has 0 aliphatic heterocycles. The molecule has 0 bridgehead atoms. The van der Waals surface area contributed by atoms with Gasteiger partial charge in [-0.25, -0.2) is 13.8 Å². The van der Waals surface area contributed by atoms with Gasteiger partial charge in [-0.15, -0.1) is 0 Å². The fourth-order valence-electron chi connectivity index (χ4n) is 2.45. The molecule has 2 heterocycles. The molecule has 4 aromatic rings. The van der Waals surface area contributed by atoms with Crippen molar-refractivity contribution in [2.75, 3.05) is 0 Å². The minimum absolute atomic E-state index is 0.00546. The van der Waals surface area contributed by atoms with Crippen molar-refractivity contribution in [1.29, 1.82) is 0 Å². The summed E-state index contributed by atoms with van der Waals surface area (Å²) in [6.07, 6.45) is 1.71.